The van der Waals surface area contributed by atoms with Crippen LogP contribution in [0.2, 0.25) is 0 Å². The van der Waals surface area contributed by atoms with Gasteiger partial charge in [0, 0.05) is 37.0 Å². The van der Waals surface area contributed by atoms with Crippen LogP contribution in [0.1, 0.15) is 15.9 Å². The van der Waals surface area contributed by atoms with Gasteiger partial charge in [0.15, 0.2) is 0 Å². The van der Waals surface area contributed by atoms with E-state index in [9.17, 15) is 14.9 Å². The molecule has 0 unspecified atom stereocenters. The number of nitrogen functional groups attached to an aromatic ring is 1. The number of nitrogens with two attached hydrogens (primary N) is 1. The number of nitro groups is 1. The second-order valence-electron chi connectivity index (χ2n) is 5.82. The maximum atomic E-state index is 12.5. The van der Waals surface area contributed by atoms with Crippen molar-refractivity contribution >= 4 is 17.3 Å². The van der Waals surface area contributed by atoms with E-state index in [2.05, 4.69) is 5.10 Å². The second-order valence-corrected chi connectivity index (χ2v) is 5.82. The van der Waals surface area contributed by atoms with E-state index in [0.717, 1.165) is 11.3 Å². The summed E-state index contributed by atoms with van der Waals surface area (Å²) in [5.74, 6) is -0.333. The minimum Gasteiger partial charge on any atom is -0.393 e. The summed E-state index contributed by atoms with van der Waals surface area (Å²) in [4.78, 5) is 24.4. The van der Waals surface area contributed by atoms with Gasteiger partial charge in [0.25, 0.3) is 11.6 Å². The van der Waals surface area contributed by atoms with Crippen molar-refractivity contribution in [3.63, 3.8) is 0 Å². The first-order valence-electron chi connectivity index (χ1n) is 7.84. The van der Waals surface area contributed by atoms with Crippen molar-refractivity contribution in [3.05, 3.63) is 82.2 Å². The number of carbonyl (C=O) groups excluding carboxylic acids is 1. The zero-order valence-corrected chi connectivity index (χ0v) is 14.1. The van der Waals surface area contributed by atoms with Gasteiger partial charge in [-0.05, 0) is 24.3 Å². The average Bonchev–Trinajstić information content (AvgIpc) is 3.10. The molecule has 2 N–H and O–H groups in total. The van der Waals surface area contributed by atoms with Crippen LogP contribution in [0.25, 0.3) is 5.69 Å². The molecule has 0 saturated heterocycles. The monoisotopic (exact) mass is 351 g/mol. The van der Waals surface area contributed by atoms with Crippen molar-refractivity contribution in [3.8, 4) is 5.69 Å². The maximum absolute atomic E-state index is 12.5. The number of nitro benzene ring substituents is 1. The van der Waals surface area contributed by atoms with E-state index in [1.165, 1.54) is 23.1 Å². The lowest BCUT2D eigenvalue weighted by Gasteiger charge is -2.16. The van der Waals surface area contributed by atoms with E-state index >= 15 is 0 Å². The highest BCUT2D eigenvalue weighted by Gasteiger charge is 2.18. The van der Waals surface area contributed by atoms with Crippen LogP contribution >= 0.6 is 0 Å². The van der Waals surface area contributed by atoms with Gasteiger partial charge in [0.2, 0.25) is 0 Å². The fourth-order valence-corrected chi connectivity index (χ4v) is 2.56. The number of rotatable bonds is 5. The number of carbonyl (C=O) groups is 1. The number of hydrogen-bond donors (Lipinski definition) is 1. The second kappa shape index (κ2) is 7.06. The molecule has 0 radical (unpaired) electrons. The third kappa shape index (κ3) is 3.54. The van der Waals surface area contributed by atoms with Crippen molar-refractivity contribution in [2.24, 2.45) is 0 Å². The Balaban J connectivity index is 1.75. The Morgan fingerprint density at radius 2 is 2.00 bits per heavy atom. The van der Waals surface area contributed by atoms with Gasteiger partial charge in [-0.2, -0.15) is 5.10 Å². The number of para-hydroxylation sites is 1. The first kappa shape index (κ1) is 17.2. The Kier molecular flexibility index (Phi) is 4.66. The molecule has 8 nitrogen and oxygen atoms in total. The fourth-order valence-electron chi connectivity index (χ4n) is 2.56. The number of anilines is 1. The molecule has 3 aromatic rings. The fraction of sp³-hybridized carbons (Fsp3) is 0.111. The van der Waals surface area contributed by atoms with Crippen LogP contribution in [0, 0.1) is 10.1 Å². The standard InChI is InChI=1S/C18H17N5O3/c1-21(18(24)14-7-8-16(19)17(9-14)23(25)26)11-13-10-20-22(12-13)15-5-3-2-4-6-15/h2-10,12H,11,19H2,1H3. The van der Waals surface area contributed by atoms with Crippen molar-refractivity contribution in [2.45, 2.75) is 6.54 Å². The summed E-state index contributed by atoms with van der Waals surface area (Å²) in [5, 5.41) is 15.3. The molecule has 1 amide bonds. The average molecular weight is 351 g/mol. The van der Waals surface area contributed by atoms with Crippen LogP contribution in [0.4, 0.5) is 11.4 Å². The van der Waals surface area contributed by atoms with Gasteiger partial charge in [-0.1, -0.05) is 18.2 Å². The Hall–Kier alpha value is -3.68. The molecule has 1 aromatic heterocycles. The first-order chi connectivity index (χ1) is 12.5. The summed E-state index contributed by atoms with van der Waals surface area (Å²) in [5.41, 5.74) is 7.29. The minimum atomic E-state index is -0.601. The molecule has 0 saturated carbocycles. The molecule has 1 heterocycles. The molecular weight excluding hydrogens is 334 g/mol. The summed E-state index contributed by atoms with van der Waals surface area (Å²) in [6.07, 6.45) is 3.52. The van der Waals surface area contributed by atoms with Crippen molar-refractivity contribution in [2.75, 3.05) is 12.8 Å². The first-order valence-corrected chi connectivity index (χ1v) is 7.84. The molecule has 132 valence electrons. The highest BCUT2D eigenvalue weighted by molar-refractivity contribution is 5.95. The molecule has 3 rings (SSSR count). The van der Waals surface area contributed by atoms with Crippen LogP contribution < -0.4 is 5.73 Å². The van der Waals surface area contributed by atoms with Crippen molar-refractivity contribution in [1.82, 2.24) is 14.7 Å². The number of aromatic nitrogens is 2. The lowest BCUT2D eigenvalue weighted by atomic mass is 10.1. The SMILES string of the molecule is CN(Cc1cnn(-c2ccccc2)c1)C(=O)c1ccc(N)c([N+](=O)[O-])c1. The molecule has 0 aliphatic carbocycles. The summed E-state index contributed by atoms with van der Waals surface area (Å²) in [6.45, 7) is 0.323. The van der Waals surface area contributed by atoms with E-state index in [1.807, 2.05) is 36.5 Å². The molecule has 8 heteroatoms. The van der Waals surface area contributed by atoms with Crippen molar-refractivity contribution < 1.29 is 9.72 Å². The Labute approximate surface area is 149 Å². The predicted octanol–water partition coefficient (Wildman–Crippen LogP) is 2.63. The smallest absolute Gasteiger partial charge is 0.292 e. The van der Waals surface area contributed by atoms with E-state index in [4.69, 9.17) is 5.73 Å². The predicted molar refractivity (Wildman–Crippen MR) is 96.9 cm³/mol. The van der Waals surface area contributed by atoms with Crippen LogP contribution in [-0.2, 0) is 6.54 Å². The summed E-state index contributed by atoms with van der Waals surface area (Å²) < 4.78 is 1.72. The normalized spacial score (nSPS) is 10.5. The number of hydrogen-bond acceptors (Lipinski definition) is 5. The quantitative estimate of drug-likeness (QED) is 0.432. The van der Waals surface area contributed by atoms with Crippen LogP contribution in [0.15, 0.2) is 60.9 Å². The molecule has 2 aromatic carbocycles. The molecule has 0 spiro atoms. The zero-order valence-electron chi connectivity index (χ0n) is 14.1. The Bertz CT molecular complexity index is 952. The van der Waals surface area contributed by atoms with Crippen LogP contribution in [-0.4, -0.2) is 32.6 Å². The number of nitrogens with zero attached hydrogens (tertiary/aromatic N) is 4. The molecule has 0 atom stereocenters. The minimum absolute atomic E-state index is 0.0262. The lowest BCUT2D eigenvalue weighted by molar-refractivity contribution is -0.383. The van der Waals surface area contributed by atoms with Gasteiger partial charge in [0.1, 0.15) is 5.69 Å². The largest absolute Gasteiger partial charge is 0.393 e. The summed E-state index contributed by atoms with van der Waals surface area (Å²) >= 11 is 0. The summed E-state index contributed by atoms with van der Waals surface area (Å²) in [6, 6.07) is 13.7. The molecular formula is C18H17N5O3. The molecule has 0 aliphatic heterocycles. The topological polar surface area (TPSA) is 107 Å². The Morgan fingerprint density at radius 1 is 1.27 bits per heavy atom. The van der Waals surface area contributed by atoms with Crippen LogP contribution in [0.3, 0.4) is 0 Å². The van der Waals surface area contributed by atoms with Gasteiger partial charge in [-0.3, -0.25) is 14.9 Å². The van der Waals surface area contributed by atoms with Gasteiger partial charge < -0.3 is 10.6 Å². The van der Waals surface area contributed by atoms with Crippen LogP contribution in [0.5, 0.6) is 0 Å². The summed E-state index contributed by atoms with van der Waals surface area (Å²) in [7, 11) is 1.63. The highest BCUT2D eigenvalue weighted by Crippen LogP contribution is 2.23. The molecule has 26 heavy (non-hydrogen) atoms. The highest BCUT2D eigenvalue weighted by atomic mass is 16.6. The van der Waals surface area contributed by atoms with E-state index in [1.54, 1.807) is 17.9 Å². The van der Waals surface area contributed by atoms with E-state index in [-0.39, 0.29) is 22.8 Å². The van der Waals surface area contributed by atoms with Gasteiger partial charge in [-0.25, -0.2) is 4.68 Å². The van der Waals surface area contributed by atoms with E-state index < -0.39 is 4.92 Å². The molecule has 0 bridgehead atoms. The molecule has 0 fully saturated rings. The van der Waals surface area contributed by atoms with Gasteiger partial charge >= 0.3 is 0 Å². The Morgan fingerprint density at radius 3 is 2.69 bits per heavy atom. The van der Waals surface area contributed by atoms with Crippen molar-refractivity contribution in [1.29, 1.82) is 0 Å². The number of amides is 1. The van der Waals surface area contributed by atoms with Gasteiger partial charge in [0.05, 0.1) is 16.8 Å². The maximum Gasteiger partial charge on any atom is 0.292 e. The third-order valence-corrected chi connectivity index (χ3v) is 3.90. The third-order valence-electron chi connectivity index (χ3n) is 3.90. The number of benzene rings is 2. The lowest BCUT2D eigenvalue weighted by Crippen LogP contribution is -2.26. The zero-order chi connectivity index (χ0) is 18.7. The molecule has 0 aliphatic rings. The van der Waals surface area contributed by atoms with E-state index in [0.29, 0.717) is 6.54 Å². The van der Waals surface area contributed by atoms with Gasteiger partial charge in [-0.15, -0.1) is 0 Å².